The predicted octanol–water partition coefficient (Wildman–Crippen LogP) is 5.27. The molecule has 2 nitrogen and oxygen atoms in total. The van der Waals surface area contributed by atoms with E-state index in [1.807, 2.05) is 25.1 Å². The number of nitrogens with one attached hydrogen (secondary N) is 1. The molecule has 0 saturated heterocycles. The van der Waals surface area contributed by atoms with E-state index in [9.17, 15) is 9.18 Å². The Labute approximate surface area is 132 Å². The number of hydrogen-bond acceptors (Lipinski definition) is 1. The SMILES string of the molecule is Cc1cccc(C(C)C)c1NC(=O)c1ccc(Br)c(F)c1. The molecule has 0 spiro atoms. The van der Waals surface area contributed by atoms with Crippen LogP contribution in [-0.2, 0) is 0 Å². The van der Waals surface area contributed by atoms with Crippen LogP contribution in [0.1, 0.15) is 41.3 Å². The molecule has 2 rings (SSSR count). The van der Waals surface area contributed by atoms with Gasteiger partial charge >= 0.3 is 0 Å². The van der Waals surface area contributed by atoms with Gasteiger partial charge in [0.1, 0.15) is 5.82 Å². The van der Waals surface area contributed by atoms with Gasteiger partial charge in [0.05, 0.1) is 4.47 Å². The van der Waals surface area contributed by atoms with Gasteiger partial charge in [0, 0.05) is 11.3 Å². The quantitative estimate of drug-likeness (QED) is 0.803. The summed E-state index contributed by atoms with van der Waals surface area (Å²) in [7, 11) is 0. The minimum atomic E-state index is -0.448. The predicted molar refractivity (Wildman–Crippen MR) is 87.3 cm³/mol. The molecule has 0 bridgehead atoms. The molecule has 0 aliphatic carbocycles. The van der Waals surface area contributed by atoms with Crippen LogP contribution >= 0.6 is 15.9 Å². The van der Waals surface area contributed by atoms with Gasteiger partial charge in [-0.2, -0.15) is 0 Å². The van der Waals surface area contributed by atoms with Gasteiger partial charge in [-0.05, 0) is 58.1 Å². The molecular formula is C17H17BrFNO. The summed E-state index contributed by atoms with van der Waals surface area (Å²) in [5.74, 6) is -0.462. The Kier molecular flexibility index (Phi) is 4.78. The molecule has 1 amide bonds. The van der Waals surface area contributed by atoms with Crippen LogP contribution in [0.2, 0.25) is 0 Å². The summed E-state index contributed by atoms with van der Waals surface area (Å²) in [4.78, 5) is 12.3. The third-order valence-corrected chi connectivity index (χ3v) is 3.99. The van der Waals surface area contributed by atoms with Crippen LogP contribution in [0.3, 0.4) is 0 Å². The summed E-state index contributed by atoms with van der Waals surface area (Å²) in [5, 5.41) is 2.90. The second-order valence-corrected chi connectivity index (χ2v) is 6.13. The maximum atomic E-state index is 13.5. The molecule has 2 aromatic rings. The Balaban J connectivity index is 2.33. The Bertz CT molecular complexity index is 682. The van der Waals surface area contributed by atoms with Crippen LogP contribution in [-0.4, -0.2) is 5.91 Å². The highest BCUT2D eigenvalue weighted by atomic mass is 79.9. The first-order chi connectivity index (χ1) is 9.90. The Morgan fingerprint density at radius 3 is 2.57 bits per heavy atom. The third kappa shape index (κ3) is 3.50. The van der Waals surface area contributed by atoms with Gasteiger partial charge in [-0.15, -0.1) is 0 Å². The van der Waals surface area contributed by atoms with Crippen LogP contribution in [0.25, 0.3) is 0 Å². The van der Waals surface area contributed by atoms with Crippen LogP contribution in [0.15, 0.2) is 40.9 Å². The summed E-state index contributed by atoms with van der Waals surface area (Å²) >= 11 is 3.08. The number of para-hydroxylation sites is 1. The first-order valence-corrected chi connectivity index (χ1v) is 7.55. The highest BCUT2D eigenvalue weighted by Crippen LogP contribution is 2.28. The van der Waals surface area contributed by atoms with Crippen LogP contribution < -0.4 is 5.32 Å². The Morgan fingerprint density at radius 1 is 1.24 bits per heavy atom. The fourth-order valence-corrected chi connectivity index (χ4v) is 2.41. The van der Waals surface area contributed by atoms with Gasteiger partial charge in [-0.1, -0.05) is 32.0 Å². The molecule has 1 N–H and O–H groups in total. The molecule has 0 aromatic heterocycles. The van der Waals surface area contributed by atoms with E-state index in [2.05, 4.69) is 35.1 Å². The van der Waals surface area contributed by atoms with E-state index >= 15 is 0 Å². The van der Waals surface area contributed by atoms with E-state index in [-0.39, 0.29) is 5.91 Å². The first-order valence-electron chi connectivity index (χ1n) is 6.76. The average molecular weight is 350 g/mol. The van der Waals surface area contributed by atoms with Gasteiger partial charge in [0.15, 0.2) is 0 Å². The summed E-state index contributed by atoms with van der Waals surface area (Å²) in [6.07, 6.45) is 0. The topological polar surface area (TPSA) is 29.1 Å². The van der Waals surface area contributed by atoms with Crippen molar-refractivity contribution in [2.75, 3.05) is 5.32 Å². The summed E-state index contributed by atoms with van der Waals surface area (Å²) in [6.45, 7) is 6.09. The Morgan fingerprint density at radius 2 is 1.95 bits per heavy atom. The van der Waals surface area contributed by atoms with Crippen molar-refractivity contribution in [2.24, 2.45) is 0 Å². The van der Waals surface area contributed by atoms with Crippen molar-refractivity contribution in [3.8, 4) is 0 Å². The summed E-state index contributed by atoms with van der Waals surface area (Å²) < 4.78 is 13.9. The van der Waals surface area contributed by atoms with Crippen molar-refractivity contribution < 1.29 is 9.18 Å². The summed E-state index contributed by atoms with van der Waals surface area (Å²) in [6, 6.07) is 10.3. The van der Waals surface area contributed by atoms with E-state index in [4.69, 9.17) is 0 Å². The zero-order valence-electron chi connectivity index (χ0n) is 12.2. The lowest BCUT2D eigenvalue weighted by molar-refractivity contribution is 0.102. The lowest BCUT2D eigenvalue weighted by Gasteiger charge is -2.16. The molecule has 0 fully saturated rings. The van der Waals surface area contributed by atoms with Gasteiger partial charge in [-0.3, -0.25) is 4.79 Å². The number of aryl methyl sites for hydroxylation is 1. The van der Waals surface area contributed by atoms with Crippen molar-refractivity contribution in [1.29, 1.82) is 0 Å². The number of anilines is 1. The number of carbonyl (C=O) groups is 1. The minimum Gasteiger partial charge on any atom is -0.321 e. The molecule has 0 radical (unpaired) electrons. The maximum Gasteiger partial charge on any atom is 0.255 e. The van der Waals surface area contributed by atoms with E-state index in [0.717, 1.165) is 16.8 Å². The lowest BCUT2D eigenvalue weighted by Crippen LogP contribution is -2.15. The van der Waals surface area contributed by atoms with Crippen molar-refractivity contribution in [2.45, 2.75) is 26.7 Å². The smallest absolute Gasteiger partial charge is 0.255 e. The first kappa shape index (κ1) is 15.7. The van der Waals surface area contributed by atoms with Crippen molar-refractivity contribution in [3.63, 3.8) is 0 Å². The van der Waals surface area contributed by atoms with Crippen LogP contribution in [0.4, 0.5) is 10.1 Å². The fraction of sp³-hybridized carbons (Fsp3) is 0.235. The third-order valence-electron chi connectivity index (χ3n) is 3.35. The lowest BCUT2D eigenvalue weighted by atomic mass is 9.98. The normalized spacial score (nSPS) is 10.8. The van der Waals surface area contributed by atoms with Crippen LogP contribution in [0, 0.1) is 12.7 Å². The monoisotopic (exact) mass is 349 g/mol. The minimum absolute atomic E-state index is 0.293. The van der Waals surface area contributed by atoms with E-state index in [1.54, 1.807) is 6.07 Å². The number of hydrogen-bond donors (Lipinski definition) is 1. The molecule has 0 atom stereocenters. The molecule has 0 aliphatic rings. The van der Waals surface area contributed by atoms with E-state index in [1.165, 1.54) is 12.1 Å². The zero-order valence-corrected chi connectivity index (χ0v) is 13.8. The maximum absolute atomic E-state index is 13.5. The van der Waals surface area contributed by atoms with Crippen molar-refractivity contribution in [1.82, 2.24) is 0 Å². The standard InChI is InChI=1S/C17H17BrFNO/c1-10(2)13-6-4-5-11(3)16(13)20-17(21)12-7-8-14(18)15(19)9-12/h4-10H,1-3H3,(H,20,21). The second-order valence-electron chi connectivity index (χ2n) is 5.28. The molecular weight excluding hydrogens is 333 g/mol. The second kappa shape index (κ2) is 6.39. The molecule has 2 aromatic carbocycles. The number of amides is 1. The van der Waals surface area contributed by atoms with Gasteiger partial charge in [0.25, 0.3) is 5.91 Å². The highest BCUT2D eigenvalue weighted by Gasteiger charge is 2.14. The van der Waals surface area contributed by atoms with Gasteiger partial charge < -0.3 is 5.32 Å². The summed E-state index contributed by atoms with van der Waals surface area (Å²) in [5.41, 5.74) is 3.17. The number of halogens is 2. The number of carbonyl (C=O) groups excluding carboxylic acids is 1. The zero-order chi connectivity index (χ0) is 15.6. The fourth-order valence-electron chi connectivity index (χ4n) is 2.17. The molecule has 110 valence electrons. The molecule has 21 heavy (non-hydrogen) atoms. The average Bonchev–Trinajstić information content (AvgIpc) is 2.43. The molecule has 0 unspecified atom stereocenters. The largest absolute Gasteiger partial charge is 0.321 e. The van der Waals surface area contributed by atoms with Gasteiger partial charge in [0.2, 0.25) is 0 Å². The van der Waals surface area contributed by atoms with Crippen molar-refractivity contribution >= 4 is 27.5 Å². The highest BCUT2D eigenvalue weighted by molar-refractivity contribution is 9.10. The Hall–Kier alpha value is -1.68. The van der Waals surface area contributed by atoms with Gasteiger partial charge in [-0.25, -0.2) is 4.39 Å². The molecule has 0 aliphatic heterocycles. The van der Waals surface area contributed by atoms with E-state index < -0.39 is 5.82 Å². The van der Waals surface area contributed by atoms with Crippen molar-refractivity contribution in [3.05, 3.63) is 63.4 Å². The molecule has 0 heterocycles. The van der Waals surface area contributed by atoms with Crippen LogP contribution in [0.5, 0.6) is 0 Å². The number of rotatable bonds is 3. The van der Waals surface area contributed by atoms with E-state index in [0.29, 0.717) is 16.0 Å². The molecule has 4 heteroatoms. The molecule has 0 saturated carbocycles. The number of benzene rings is 2.